The van der Waals surface area contributed by atoms with Crippen molar-refractivity contribution in [2.24, 2.45) is 0 Å². The van der Waals surface area contributed by atoms with Gasteiger partial charge in [-0.3, -0.25) is 4.79 Å². The number of pyridine rings is 1. The van der Waals surface area contributed by atoms with E-state index >= 15 is 0 Å². The second-order valence-electron chi connectivity index (χ2n) is 6.33. The lowest BCUT2D eigenvalue weighted by Crippen LogP contribution is -2.17. The van der Waals surface area contributed by atoms with Crippen LogP contribution < -0.4 is 0 Å². The second kappa shape index (κ2) is 7.36. The number of aryl methyl sites for hydroxylation is 4. The molecule has 0 radical (unpaired) electrons. The smallest absolute Gasteiger partial charge is 0.359 e. The van der Waals surface area contributed by atoms with Crippen LogP contribution in [0.3, 0.4) is 0 Å². The fourth-order valence-electron chi connectivity index (χ4n) is 2.84. The zero-order chi connectivity index (χ0) is 19.7. The zero-order valence-corrected chi connectivity index (χ0v) is 16.2. The van der Waals surface area contributed by atoms with E-state index in [0.717, 1.165) is 22.8 Å². The first kappa shape index (κ1) is 18.8. The number of rotatable bonds is 5. The molecule has 0 atom stereocenters. The van der Waals surface area contributed by atoms with Gasteiger partial charge in [0.1, 0.15) is 0 Å². The van der Waals surface area contributed by atoms with E-state index in [1.54, 1.807) is 29.8 Å². The maximum absolute atomic E-state index is 12.4. The van der Waals surface area contributed by atoms with Crippen molar-refractivity contribution in [3.8, 4) is 5.82 Å². The van der Waals surface area contributed by atoms with Gasteiger partial charge in [0.15, 0.2) is 18.1 Å². The molecule has 0 unspecified atom stereocenters. The molecule has 0 saturated carbocycles. The number of aromatic nitrogens is 4. The normalized spacial score (nSPS) is 10.9. The Labute approximate surface area is 161 Å². The van der Waals surface area contributed by atoms with Crippen molar-refractivity contribution in [2.45, 2.75) is 27.7 Å². The molecule has 3 aromatic heterocycles. The quantitative estimate of drug-likeness (QED) is 0.535. The predicted molar refractivity (Wildman–Crippen MR) is 101 cm³/mol. The number of aromatic amines is 1. The number of hydrogen-bond acceptors (Lipinski definition) is 5. The molecule has 3 aromatic rings. The standard InChI is InChI=1S/C19H19ClN4O3/c1-10-8-14(13(4)21-10)16(25)9-27-19(26)18-15(20)5-6-17(22-18)24-12(3)7-11(2)23-24/h5-8,21H,9H2,1-4H3. The number of ether oxygens (including phenoxy) is 1. The van der Waals surface area contributed by atoms with Crippen LogP contribution in [0, 0.1) is 27.7 Å². The first-order valence-corrected chi connectivity index (χ1v) is 8.70. The predicted octanol–water partition coefficient (Wildman–Crippen LogP) is 3.52. The summed E-state index contributed by atoms with van der Waals surface area (Å²) in [4.78, 5) is 32.0. The molecule has 0 aliphatic rings. The molecular weight excluding hydrogens is 368 g/mol. The van der Waals surface area contributed by atoms with Crippen molar-refractivity contribution in [2.75, 3.05) is 6.61 Å². The molecule has 3 heterocycles. The highest BCUT2D eigenvalue weighted by atomic mass is 35.5. The Morgan fingerprint density at radius 1 is 1.19 bits per heavy atom. The van der Waals surface area contributed by atoms with Crippen LogP contribution in [-0.2, 0) is 4.74 Å². The van der Waals surface area contributed by atoms with Gasteiger partial charge in [-0.2, -0.15) is 5.10 Å². The van der Waals surface area contributed by atoms with Crippen LogP contribution in [0.4, 0.5) is 0 Å². The molecule has 0 aromatic carbocycles. The van der Waals surface area contributed by atoms with Crippen molar-refractivity contribution in [3.63, 3.8) is 0 Å². The summed E-state index contributed by atoms with van der Waals surface area (Å²) >= 11 is 6.10. The van der Waals surface area contributed by atoms with Crippen LogP contribution in [0.25, 0.3) is 5.82 Å². The van der Waals surface area contributed by atoms with Crippen molar-refractivity contribution >= 4 is 23.4 Å². The topological polar surface area (TPSA) is 89.9 Å². The summed E-state index contributed by atoms with van der Waals surface area (Å²) in [7, 11) is 0. The van der Waals surface area contributed by atoms with Crippen LogP contribution in [0.15, 0.2) is 24.3 Å². The van der Waals surface area contributed by atoms with Gasteiger partial charge in [-0.15, -0.1) is 0 Å². The molecule has 140 valence electrons. The lowest BCUT2D eigenvalue weighted by Gasteiger charge is -2.08. The lowest BCUT2D eigenvalue weighted by molar-refractivity contribution is 0.0469. The zero-order valence-electron chi connectivity index (χ0n) is 15.5. The average molecular weight is 387 g/mol. The molecule has 0 aliphatic carbocycles. The molecule has 0 saturated heterocycles. The molecule has 8 heteroatoms. The molecule has 0 spiro atoms. The highest BCUT2D eigenvalue weighted by molar-refractivity contribution is 6.33. The third kappa shape index (κ3) is 3.93. The monoisotopic (exact) mass is 386 g/mol. The van der Waals surface area contributed by atoms with Crippen LogP contribution in [0.5, 0.6) is 0 Å². The first-order valence-electron chi connectivity index (χ1n) is 8.33. The molecule has 27 heavy (non-hydrogen) atoms. The summed E-state index contributed by atoms with van der Waals surface area (Å²) in [5.74, 6) is -0.613. The van der Waals surface area contributed by atoms with Gasteiger partial charge in [0.25, 0.3) is 0 Å². The van der Waals surface area contributed by atoms with Crippen molar-refractivity contribution in [1.29, 1.82) is 0 Å². The Morgan fingerprint density at radius 3 is 2.52 bits per heavy atom. The Kier molecular flexibility index (Phi) is 5.14. The van der Waals surface area contributed by atoms with Crippen molar-refractivity contribution in [3.05, 3.63) is 63.3 Å². The molecule has 7 nitrogen and oxygen atoms in total. The maximum Gasteiger partial charge on any atom is 0.359 e. The Balaban J connectivity index is 1.78. The van der Waals surface area contributed by atoms with Crippen LogP contribution in [-0.4, -0.2) is 38.1 Å². The van der Waals surface area contributed by atoms with Gasteiger partial charge in [0.05, 0.1) is 10.7 Å². The third-order valence-corrected chi connectivity index (χ3v) is 4.34. The van der Waals surface area contributed by atoms with Crippen molar-refractivity contribution < 1.29 is 14.3 Å². The van der Waals surface area contributed by atoms with E-state index < -0.39 is 5.97 Å². The first-order chi connectivity index (χ1) is 12.8. The van der Waals surface area contributed by atoms with E-state index in [1.807, 2.05) is 26.8 Å². The summed E-state index contributed by atoms with van der Waals surface area (Å²) in [5.41, 5.74) is 3.74. The van der Waals surface area contributed by atoms with E-state index in [4.69, 9.17) is 16.3 Å². The molecule has 0 amide bonds. The maximum atomic E-state index is 12.4. The van der Waals surface area contributed by atoms with E-state index in [-0.39, 0.29) is 23.1 Å². The minimum absolute atomic E-state index is 0.0588. The number of nitrogens with zero attached hydrogens (tertiary/aromatic N) is 3. The highest BCUT2D eigenvalue weighted by Crippen LogP contribution is 2.19. The molecule has 0 bridgehead atoms. The van der Waals surface area contributed by atoms with Gasteiger partial charge in [0, 0.05) is 22.6 Å². The number of carbonyl (C=O) groups excluding carboxylic acids is 2. The number of H-pyrrole nitrogens is 1. The van der Waals surface area contributed by atoms with Crippen molar-refractivity contribution in [1.82, 2.24) is 19.7 Å². The van der Waals surface area contributed by atoms with E-state index in [1.165, 1.54) is 0 Å². The summed E-state index contributed by atoms with van der Waals surface area (Å²) in [5, 5.41) is 4.48. The van der Waals surface area contributed by atoms with Crippen LogP contribution in [0.1, 0.15) is 43.6 Å². The van der Waals surface area contributed by atoms with Gasteiger partial charge in [-0.25, -0.2) is 14.5 Å². The van der Waals surface area contributed by atoms with Gasteiger partial charge in [-0.1, -0.05) is 11.6 Å². The summed E-state index contributed by atoms with van der Waals surface area (Å²) in [6.45, 7) is 7.00. The Hall–Kier alpha value is -2.93. The van der Waals surface area contributed by atoms with Crippen LogP contribution >= 0.6 is 11.6 Å². The average Bonchev–Trinajstić information content (AvgIpc) is 3.13. The van der Waals surface area contributed by atoms with E-state index in [9.17, 15) is 9.59 Å². The number of ketones is 1. The fraction of sp³-hybridized carbons (Fsp3) is 0.263. The molecule has 1 N–H and O–H groups in total. The Bertz CT molecular complexity index is 1040. The van der Waals surface area contributed by atoms with Gasteiger partial charge in [-0.05, 0) is 52.0 Å². The van der Waals surface area contributed by atoms with Crippen LogP contribution in [0.2, 0.25) is 5.02 Å². The lowest BCUT2D eigenvalue weighted by atomic mass is 10.1. The molecule has 0 fully saturated rings. The van der Waals surface area contributed by atoms with E-state index in [2.05, 4.69) is 15.1 Å². The second-order valence-corrected chi connectivity index (χ2v) is 6.74. The SMILES string of the molecule is Cc1cc(C)n(-c2ccc(Cl)c(C(=O)OCC(=O)c3cc(C)[nH]c3C)n2)n1. The third-order valence-electron chi connectivity index (χ3n) is 4.04. The van der Waals surface area contributed by atoms with Gasteiger partial charge in [0.2, 0.25) is 5.78 Å². The largest absolute Gasteiger partial charge is 0.453 e. The Morgan fingerprint density at radius 2 is 1.93 bits per heavy atom. The number of halogens is 1. The van der Waals surface area contributed by atoms with E-state index in [0.29, 0.717) is 11.4 Å². The summed E-state index contributed by atoms with van der Waals surface area (Å²) in [6, 6.07) is 6.84. The summed E-state index contributed by atoms with van der Waals surface area (Å²) < 4.78 is 6.75. The number of carbonyl (C=O) groups is 2. The minimum Gasteiger partial charge on any atom is -0.453 e. The molecule has 0 aliphatic heterocycles. The number of Topliss-reactive ketones (excluding diaryl/α,β-unsaturated/α-hetero) is 1. The number of nitrogens with one attached hydrogen (secondary N) is 1. The van der Waals surface area contributed by atoms with Gasteiger partial charge < -0.3 is 9.72 Å². The summed E-state index contributed by atoms with van der Waals surface area (Å²) in [6.07, 6.45) is 0. The number of esters is 1. The highest BCUT2D eigenvalue weighted by Gasteiger charge is 2.19. The minimum atomic E-state index is -0.762. The molecule has 3 rings (SSSR count). The molecular formula is C19H19ClN4O3. The fourth-order valence-corrected chi connectivity index (χ4v) is 3.03. The van der Waals surface area contributed by atoms with Gasteiger partial charge >= 0.3 is 5.97 Å². The number of hydrogen-bond donors (Lipinski definition) is 1.